The van der Waals surface area contributed by atoms with Gasteiger partial charge in [0.2, 0.25) is 0 Å². The Bertz CT molecular complexity index is 577. The molecule has 0 radical (unpaired) electrons. The molecule has 22 heavy (non-hydrogen) atoms. The van der Waals surface area contributed by atoms with E-state index in [1.54, 1.807) is 24.2 Å². The summed E-state index contributed by atoms with van der Waals surface area (Å²) in [6.45, 7) is 4.68. The maximum Gasteiger partial charge on any atom is 0.315 e. The molecule has 116 valence electrons. The van der Waals surface area contributed by atoms with Crippen LogP contribution in [0.2, 0.25) is 0 Å². The summed E-state index contributed by atoms with van der Waals surface area (Å²) in [7, 11) is 0. The Kier molecular flexibility index (Phi) is 6.27. The van der Waals surface area contributed by atoms with Gasteiger partial charge in [-0.2, -0.15) is 0 Å². The summed E-state index contributed by atoms with van der Waals surface area (Å²) in [4.78, 5) is 17.1. The van der Waals surface area contributed by atoms with Crippen molar-refractivity contribution in [3.8, 4) is 0 Å². The van der Waals surface area contributed by atoms with E-state index in [0.717, 1.165) is 5.56 Å². The minimum absolute atomic E-state index is 0.0416. The molecule has 1 aromatic carbocycles. The standard InChI is InChI=1S/C17H21N3OS/c1-13(22-16-6-4-3-5-7-16)12-19-17(21)20-14(2)15-8-10-18-11-9-15/h3-11,13-14H,12H2,1-2H3,(H2,19,20,21)/t13-,14-/m1/s1. The Labute approximate surface area is 135 Å². The summed E-state index contributed by atoms with van der Waals surface area (Å²) in [5, 5.41) is 6.15. The van der Waals surface area contributed by atoms with Gasteiger partial charge in [-0.15, -0.1) is 11.8 Å². The summed E-state index contributed by atoms with van der Waals surface area (Å²) < 4.78 is 0. The average molecular weight is 315 g/mol. The van der Waals surface area contributed by atoms with Gasteiger partial charge in [0.15, 0.2) is 0 Å². The van der Waals surface area contributed by atoms with Crippen molar-refractivity contribution in [1.29, 1.82) is 0 Å². The largest absolute Gasteiger partial charge is 0.337 e. The first-order valence-electron chi connectivity index (χ1n) is 7.31. The van der Waals surface area contributed by atoms with E-state index >= 15 is 0 Å². The molecule has 5 heteroatoms. The first kappa shape index (κ1) is 16.4. The van der Waals surface area contributed by atoms with Crippen LogP contribution in [0.25, 0.3) is 0 Å². The van der Waals surface area contributed by atoms with Crippen LogP contribution in [0, 0.1) is 0 Å². The van der Waals surface area contributed by atoms with Crippen molar-refractivity contribution in [2.45, 2.75) is 30.0 Å². The number of nitrogens with one attached hydrogen (secondary N) is 2. The Morgan fingerprint density at radius 1 is 1.14 bits per heavy atom. The molecule has 2 aromatic rings. The SMILES string of the molecule is C[C@H](CNC(=O)N[C@H](C)c1ccncc1)Sc1ccccc1. The molecule has 0 fully saturated rings. The van der Waals surface area contributed by atoms with Crippen molar-refractivity contribution in [2.75, 3.05) is 6.54 Å². The van der Waals surface area contributed by atoms with E-state index in [2.05, 4.69) is 34.7 Å². The van der Waals surface area contributed by atoms with Crippen LogP contribution in [0.15, 0.2) is 59.8 Å². The highest BCUT2D eigenvalue weighted by Crippen LogP contribution is 2.21. The van der Waals surface area contributed by atoms with Gasteiger partial charge in [0.05, 0.1) is 6.04 Å². The number of pyridine rings is 1. The van der Waals surface area contributed by atoms with E-state index in [4.69, 9.17) is 0 Å². The highest BCUT2D eigenvalue weighted by molar-refractivity contribution is 8.00. The Morgan fingerprint density at radius 2 is 1.82 bits per heavy atom. The second-order valence-corrected chi connectivity index (χ2v) is 6.61. The quantitative estimate of drug-likeness (QED) is 0.801. The lowest BCUT2D eigenvalue weighted by Crippen LogP contribution is -2.39. The van der Waals surface area contributed by atoms with Gasteiger partial charge in [-0.1, -0.05) is 25.1 Å². The lowest BCUT2D eigenvalue weighted by atomic mass is 10.1. The van der Waals surface area contributed by atoms with Crippen molar-refractivity contribution in [2.24, 2.45) is 0 Å². The van der Waals surface area contributed by atoms with Gasteiger partial charge >= 0.3 is 6.03 Å². The molecule has 2 amide bonds. The highest BCUT2D eigenvalue weighted by Gasteiger charge is 2.10. The van der Waals surface area contributed by atoms with E-state index in [-0.39, 0.29) is 12.1 Å². The third kappa shape index (κ3) is 5.41. The third-order valence-corrected chi connectivity index (χ3v) is 4.30. The van der Waals surface area contributed by atoms with Crippen LogP contribution in [-0.2, 0) is 0 Å². The topological polar surface area (TPSA) is 54.0 Å². The number of urea groups is 1. The van der Waals surface area contributed by atoms with Crippen LogP contribution < -0.4 is 10.6 Å². The number of aromatic nitrogens is 1. The number of rotatable bonds is 6. The zero-order valence-corrected chi connectivity index (χ0v) is 13.6. The van der Waals surface area contributed by atoms with Gasteiger partial charge in [-0.3, -0.25) is 4.98 Å². The van der Waals surface area contributed by atoms with Crippen LogP contribution in [0.3, 0.4) is 0 Å². The van der Waals surface area contributed by atoms with Crippen molar-refractivity contribution in [3.05, 3.63) is 60.4 Å². The molecule has 0 bridgehead atoms. The van der Waals surface area contributed by atoms with Gasteiger partial charge in [0.1, 0.15) is 0 Å². The van der Waals surface area contributed by atoms with Gasteiger partial charge in [-0.25, -0.2) is 4.79 Å². The molecule has 2 N–H and O–H groups in total. The molecular formula is C17H21N3OS. The fourth-order valence-electron chi connectivity index (χ4n) is 1.99. The number of thioether (sulfide) groups is 1. The molecule has 0 spiro atoms. The number of hydrogen-bond donors (Lipinski definition) is 2. The van der Waals surface area contributed by atoms with E-state index in [1.807, 2.05) is 37.3 Å². The summed E-state index contributed by atoms with van der Waals surface area (Å²) in [6.07, 6.45) is 3.45. The minimum atomic E-state index is -0.148. The van der Waals surface area contributed by atoms with Crippen molar-refractivity contribution >= 4 is 17.8 Å². The van der Waals surface area contributed by atoms with Crippen molar-refractivity contribution in [3.63, 3.8) is 0 Å². The van der Waals surface area contributed by atoms with Gasteiger partial charge < -0.3 is 10.6 Å². The number of carbonyl (C=O) groups is 1. The van der Waals surface area contributed by atoms with Crippen LogP contribution in [-0.4, -0.2) is 22.8 Å². The smallest absolute Gasteiger partial charge is 0.315 e. The summed E-state index contributed by atoms with van der Waals surface area (Å²) in [5.41, 5.74) is 1.04. The Hall–Kier alpha value is -2.01. The Morgan fingerprint density at radius 3 is 2.50 bits per heavy atom. The van der Waals surface area contributed by atoms with E-state index in [9.17, 15) is 4.79 Å². The second kappa shape index (κ2) is 8.44. The zero-order valence-electron chi connectivity index (χ0n) is 12.8. The number of nitrogens with zero attached hydrogens (tertiary/aromatic N) is 1. The molecule has 1 aromatic heterocycles. The zero-order chi connectivity index (χ0) is 15.8. The molecular weight excluding hydrogens is 294 g/mol. The maximum absolute atomic E-state index is 11.9. The minimum Gasteiger partial charge on any atom is -0.337 e. The predicted octanol–water partition coefficient (Wildman–Crippen LogP) is 3.62. The number of amides is 2. The fraction of sp³-hybridized carbons (Fsp3) is 0.294. The summed E-state index contributed by atoms with van der Waals surface area (Å²) >= 11 is 1.75. The van der Waals surface area contributed by atoms with Crippen molar-refractivity contribution < 1.29 is 4.79 Å². The second-order valence-electron chi connectivity index (χ2n) is 5.10. The average Bonchev–Trinajstić information content (AvgIpc) is 2.55. The summed E-state index contributed by atoms with van der Waals surface area (Å²) in [5.74, 6) is 0. The molecule has 0 saturated heterocycles. The fourth-order valence-corrected chi connectivity index (χ4v) is 2.94. The molecule has 2 atom stereocenters. The lowest BCUT2D eigenvalue weighted by Gasteiger charge is -2.17. The molecule has 0 aliphatic rings. The monoisotopic (exact) mass is 315 g/mol. The van der Waals surface area contributed by atoms with E-state index in [1.165, 1.54) is 4.90 Å². The molecule has 0 aliphatic carbocycles. The molecule has 2 rings (SSSR count). The van der Waals surface area contributed by atoms with E-state index in [0.29, 0.717) is 11.8 Å². The molecule has 4 nitrogen and oxygen atoms in total. The van der Waals surface area contributed by atoms with Gasteiger partial charge in [0, 0.05) is 29.1 Å². The molecule has 1 heterocycles. The van der Waals surface area contributed by atoms with Gasteiger partial charge in [0.25, 0.3) is 0 Å². The first-order valence-corrected chi connectivity index (χ1v) is 8.19. The van der Waals surface area contributed by atoms with Gasteiger partial charge in [-0.05, 0) is 36.8 Å². The lowest BCUT2D eigenvalue weighted by molar-refractivity contribution is 0.238. The van der Waals surface area contributed by atoms with E-state index < -0.39 is 0 Å². The molecule has 0 unspecified atom stereocenters. The molecule has 0 aliphatic heterocycles. The van der Waals surface area contributed by atoms with Crippen LogP contribution in [0.5, 0.6) is 0 Å². The van der Waals surface area contributed by atoms with Crippen LogP contribution in [0.1, 0.15) is 25.5 Å². The van der Waals surface area contributed by atoms with Crippen LogP contribution in [0.4, 0.5) is 4.79 Å². The number of carbonyl (C=O) groups excluding carboxylic acids is 1. The van der Waals surface area contributed by atoms with Crippen molar-refractivity contribution in [1.82, 2.24) is 15.6 Å². The predicted molar refractivity (Wildman–Crippen MR) is 90.9 cm³/mol. The number of benzene rings is 1. The maximum atomic E-state index is 11.9. The highest BCUT2D eigenvalue weighted by atomic mass is 32.2. The normalized spacial score (nSPS) is 13.2. The first-order chi connectivity index (χ1) is 10.6. The number of hydrogen-bond acceptors (Lipinski definition) is 3. The Balaban J connectivity index is 1.73. The van der Waals surface area contributed by atoms with Crippen LogP contribution >= 0.6 is 11.8 Å². The third-order valence-electron chi connectivity index (χ3n) is 3.18. The summed E-state index contributed by atoms with van der Waals surface area (Å²) in [6, 6.07) is 13.8. The molecule has 0 saturated carbocycles.